The number of carbonyl (C=O) groups excluding carboxylic acids is 1. The average Bonchev–Trinajstić information content (AvgIpc) is 2.67. The lowest BCUT2D eigenvalue weighted by Gasteiger charge is -2.00. The van der Waals surface area contributed by atoms with E-state index in [4.69, 9.17) is 4.42 Å². The highest BCUT2D eigenvalue weighted by Crippen LogP contribution is 2.16. The van der Waals surface area contributed by atoms with E-state index < -0.39 is 11.6 Å². The van der Waals surface area contributed by atoms with Crippen molar-refractivity contribution in [1.29, 1.82) is 0 Å². The first-order chi connectivity index (χ1) is 7.59. The summed E-state index contributed by atoms with van der Waals surface area (Å²) in [6.07, 6.45) is 1.38. The highest BCUT2D eigenvalue weighted by Gasteiger charge is 2.15. The normalized spacial score (nSPS) is 10.4. The number of hydrogen-bond acceptors (Lipinski definition) is 2. The summed E-state index contributed by atoms with van der Waals surface area (Å²) < 4.78 is 30.6. The Morgan fingerprint density at radius 1 is 1.19 bits per heavy atom. The quantitative estimate of drug-likeness (QED) is 0.731. The molecule has 0 fully saturated rings. The summed E-state index contributed by atoms with van der Waals surface area (Å²) in [5, 5.41) is 0. The van der Waals surface area contributed by atoms with E-state index in [9.17, 15) is 13.6 Å². The molecule has 2 rings (SSSR count). The van der Waals surface area contributed by atoms with Crippen molar-refractivity contribution in [3.05, 3.63) is 59.1 Å². The third-order valence-corrected chi connectivity index (χ3v) is 2.29. The van der Waals surface area contributed by atoms with Crippen LogP contribution in [0.1, 0.15) is 21.7 Å². The predicted octanol–water partition coefficient (Wildman–Crippen LogP) is 3.10. The van der Waals surface area contributed by atoms with Crippen molar-refractivity contribution in [3.63, 3.8) is 0 Å². The standard InChI is InChI=1S/C12H8F2O2/c1-7-9(4-5-16-7)12(15)8-2-3-10(13)11(14)6-8/h2-6H,1H3. The van der Waals surface area contributed by atoms with Crippen LogP contribution in [0.25, 0.3) is 0 Å². The van der Waals surface area contributed by atoms with E-state index in [0.29, 0.717) is 11.3 Å². The first kappa shape index (κ1) is 10.5. The largest absolute Gasteiger partial charge is 0.469 e. The third-order valence-electron chi connectivity index (χ3n) is 2.29. The summed E-state index contributed by atoms with van der Waals surface area (Å²) in [7, 11) is 0. The number of rotatable bonds is 2. The van der Waals surface area contributed by atoms with Crippen molar-refractivity contribution in [1.82, 2.24) is 0 Å². The Morgan fingerprint density at radius 2 is 1.94 bits per heavy atom. The second-order valence-corrected chi connectivity index (χ2v) is 3.35. The molecule has 0 amide bonds. The molecule has 2 nitrogen and oxygen atoms in total. The Morgan fingerprint density at radius 3 is 2.50 bits per heavy atom. The van der Waals surface area contributed by atoms with Gasteiger partial charge in [0.05, 0.1) is 11.8 Å². The number of halogens is 2. The van der Waals surface area contributed by atoms with Crippen LogP contribution in [-0.2, 0) is 0 Å². The molecule has 4 heteroatoms. The molecule has 0 atom stereocenters. The van der Waals surface area contributed by atoms with E-state index in [1.165, 1.54) is 18.4 Å². The summed E-state index contributed by atoms with van der Waals surface area (Å²) in [5.74, 6) is -1.94. The maximum Gasteiger partial charge on any atom is 0.196 e. The van der Waals surface area contributed by atoms with E-state index in [0.717, 1.165) is 12.1 Å². The Labute approximate surface area is 90.5 Å². The second-order valence-electron chi connectivity index (χ2n) is 3.35. The predicted molar refractivity (Wildman–Crippen MR) is 53.2 cm³/mol. The number of ketones is 1. The fourth-order valence-electron chi connectivity index (χ4n) is 1.41. The SMILES string of the molecule is Cc1occc1C(=O)c1ccc(F)c(F)c1. The number of carbonyl (C=O) groups is 1. The number of benzene rings is 1. The van der Waals surface area contributed by atoms with Gasteiger partial charge in [0.25, 0.3) is 0 Å². The lowest BCUT2D eigenvalue weighted by Crippen LogP contribution is -2.02. The molecule has 0 saturated carbocycles. The van der Waals surface area contributed by atoms with Crippen LogP contribution in [0, 0.1) is 18.6 Å². The lowest BCUT2D eigenvalue weighted by molar-refractivity contribution is 0.103. The molecule has 1 heterocycles. The van der Waals surface area contributed by atoms with Crippen molar-refractivity contribution in [2.45, 2.75) is 6.92 Å². The van der Waals surface area contributed by atoms with Gasteiger partial charge in [-0.15, -0.1) is 0 Å². The van der Waals surface area contributed by atoms with Crippen molar-refractivity contribution >= 4 is 5.78 Å². The second kappa shape index (κ2) is 3.89. The highest BCUT2D eigenvalue weighted by molar-refractivity contribution is 6.09. The zero-order valence-corrected chi connectivity index (χ0v) is 8.46. The van der Waals surface area contributed by atoms with Gasteiger partial charge in [0.15, 0.2) is 17.4 Å². The summed E-state index contributed by atoms with van der Waals surface area (Å²) in [6, 6.07) is 4.55. The van der Waals surface area contributed by atoms with Crippen LogP contribution < -0.4 is 0 Å². The third kappa shape index (κ3) is 1.74. The molecule has 0 N–H and O–H groups in total. The molecule has 1 aromatic carbocycles. The monoisotopic (exact) mass is 222 g/mol. The van der Waals surface area contributed by atoms with E-state index >= 15 is 0 Å². The molecule has 0 aliphatic heterocycles. The van der Waals surface area contributed by atoms with Gasteiger partial charge in [-0.1, -0.05) is 0 Å². The van der Waals surface area contributed by atoms with Gasteiger partial charge in [-0.05, 0) is 31.2 Å². The summed E-state index contributed by atoms with van der Waals surface area (Å²) >= 11 is 0. The Balaban J connectivity index is 2.42. The van der Waals surface area contributed by atoms with Crippen LogP contribution in [0.2, 0.25) is 0 Å². The minimum atomic E-state index is -1.04. The van der Waals surface area contributed by atoms with Crippen LogP contribution >= 0.6 is 0 Å². The van der Waals surface area contributed by atoms with Gasteiger partial charge in [-0.25, -0.2) is 8.78 Å². The van der Waals surface area contributed by atoms with Gasteiger partial charge in [-0.2, -0.15) is 0 Å². The minimum Gasteiger partial charge on any atom is -0.469 e. The lowest BCUT2D eigenvalue weighted by atomic mass is 10.0. The molecular weight excluding hydrogens is 214 g/mol. The zero-order chi connectivity index (χ0) is 11.7. The molecule has 0 aliphatic rings. The summed E-state index contributed by atoms with van der Waals surface area (Å²) in [6.45, 7) is 1.63. The number of aryl methyl sites for hydroxylation is 1. The van der Waals surface area contributed by atoms with E-state index in [-0.39, 0.29) is 11.3 Å². The van der Waals surface area contributed by atoms with Gasteiger partial charge in [0.2, 0.25) is 0 Å². The van der Waals surface area contributed by atoms with Crippen LogP contribution in [0.3, 0.4) is 0 Å². The van der Waals surface area contributed by atoms with Gasteiger partial charge in [-0.3, -0.25) is 4.79 Å². The van der Waals surface area contributed by atoms with Gasteiger partial charge >= 0.3 is 0 Å². The molecule has 0 spiro atoms. The van der Waals surface area contributed by atoms with Gasteiger partial charge in [0.1, 0.15) is 5.76 Å². The van der Waals surface area contributed by atoms with Crippen molar-refractivity contribution in [2.24, 2.45) is 0 Å². The van der Waals surface area contributed by atoms with Crippen LogP contribution in [0.4, 0.5) is 8.78 Å². The van der Waals surface area contributed by atoms with E-state index in [1.807, 2.05) is 0 Å². The molecule has 0 saturated heterocycles. The van der Waals surface area contributed by atoms with E-state index in [1.54, 1.807) is 6.92 Å². The number of hydrogen-bond donors (Lipinski definition) is 0. The first-order valence-electron chi connectivity index (χ1n) is 4.63. The van der Waals surface area contributed by atoms with Crippen LogP contribution in [0.5, 0.6) is 0 Å². The highest BCUT2D eigenvalue weighted by atomic mass is 19.2. The Bertz CT molecular complexity index is 544. The molecule has 2 aromatic rings. The molecule has 82 valence electrons. The van der Waals surface area contributed by atoms with E-state index in [2.05, 4.69) is 0 Å². The molecule has 1 aromatic heterocycles. The van der Waals surface area contributed by atoms with Gasteiger partial charge < -0.3 is 4.42 Å². The van der Waals surface area contributed by atoms with Crippen molar-refractivity contribution < 1.29 is 18.0 Å². The smallest absolute Gasteiger partial charge is 0.196 e. The van der Waals surface area contributed by atoms with Crippen molar-refractivity contribution in [3.8, 4) is 0 Å². The van der Waals surface area contributed by atoms with Crippen molar-refractivity contribution in [2.75, 3.05) is 0 Å². The first-order valence-corrected chi connectivity index (χ1v) is 4.63. The minimum absolute atomic E-state index is 0.100. The topological polar surface area (TPSA) is 30.2 Å². The molecule has 0 bridgehead atoms. The fourth-order valence-corrected chi connectivity index (χ4v) is 1.41. The zero-order valence-electron chi connectivity index (χ0n) is 8.46. The molecule has 16 heavy (non-hydrogen) atoms. The molecule has 0 unspecified atom stereocenters. The number of furan rings is 1. The molecule has 0 radical (unpaired) electrons. The summed E-state index contributed by atoms with van der Waals surface area (Å²) in [5.41, 5.74) is 0.453. The molecular formula is C12H8F2O2. The Hall–Kier alpha value is -1.97. The average molecular weight is 222 g/mol. The summed E-state index contributed by atoms with van der Waals surface area (Å²) in [4.78, 5) is 11.8. The maximum absolute atomic E-state index is 12.9. The maximum atomic E-state index is 12.9. The Kier molecular flexibility index (Phi) is 2.56. The van der Waals surface area contributed by atoms with Crippen LogP contribution in [-0.4, -0.2) is 5.78 Å². The fraction of sp³-hybridized carbons (Fsp3) is 0.0833. The van der Waals surface area contributed by atoms with Crippen LogP contribution in [0.15, 0.2) is 34.9 Å². The van der Waals surface area contributed by atoms with Gasteiger partial charge in [0, 0.05) is 5.56 Å². The molecule has 0 aliphatic carbocycles.